The van der Waals surface area contributed by atoms with Gasteiger partial charge in [0.05, 0.1) is 32.4 Å². The Balaban J connectivity index is 2.27. The summed E-state index contributed by atoms with van der Waals surface area (Å²) in [5.74, 6) is 0.422. The fraction of sp³-hybridized carbons (Fsp3) is 0.538. The largest absolute Gasteiger partial charge is 0.496 e. The molecule has 1 aliphatic heterocycles. The van der Waals surface area contributed by atoms with Crippen LogP contribution in [0.2, 0.25) is 0 Å². The second-order valence-corrected chi connectivity index (χ2v) is 4.29. The molecule has 1 aromatic carbocycles. The molecule has 0 saturated carbocycles. The van der Waals surface area contributed by atoms with Crippen LogP contribution in [0.25, 0.3) is 0 Å². The van der Waals surface area contributed by atoms with Gasteiger partial charge >= 0.3 is 0 Å². The Labute approximate surface area is 106 Å². The number of ether oxygens (including phenoxy) is 2. The van der Waals surface area contributed by atoms with Crippen molar-refractivity contribution in [2.75, 3.05) is 33.9 Å². The summed E-state index contributed by atoms with van der Waals surface area (Å²) in [5, 5.41) is 6.57. The molecule has 100 valence electrons. The summed E-state index contributed by atoms with van der Waals surface area (Å²) in [6.45, 7) is 2.12. The van der Waals surface area contributed by atoms with Crippen LogP contribution in [-0.4, -0.2) is 40.0 Å². The normalized spacial score (nSPS) is 21.6. The van der Waals surface area contributed by atoms with Crippen LogP contribution >= 0.6 is 0 Å². The molecule has 18 heavy (non-hydrogen) atoms. The van der Waals surface area contributed by atoms with E-state index in [4.69, 9.17) is 9.47 Å². The second-order valence-electron chi connectivity index (χ2n) is 4.29. The summed E-state index contributed by atoms with van der Waals surface area (Å²) in [4.78, 5) is 0. The lowest BCUT2D eigenvalue weighted by Gasteiger charge is -2.32. The third-order valence-corrected chi connectivity index (χ3v) is 3.19. The Morgan fingerprint density at radius 2 is 2.39 bits per heavy atom. The second kappa shape index (κ2) is 6.13. The van der Waals surface area contributed by atoms with Gasteiger partial charge in [-0.15, -0.1) is 0 Å². The number of methoxy groups -OCH3 is 1. The zero-order valence-corrected chi connectivity index (χ0v) is 10.7. The van der Waals surface area contributed by atoms with Gasteiger partial charge in [0.1, 0.15) is 11.6 Å². The van der Waals surface area contributed by atoms with Crippen LogP contribution in [0.3, 0.4) is 0 Å². The van der Waals surface area contributed by atoms with Gasteiger partial charge in [-0.3, -0.25) is 0 Å². The smallest absolute Gasteiger partial charge is 0.123 e. The number of likely N-dealkylation sites (N-methyl/N-ethyl adjacent to an activating group) is 1. The monoisotopic (exact) mass is 254 g/mol. The molecule has 1 fully saturated rings. The van der Waals surface area contributed by atoms with Crippen molar-refractivity contribution in [2.24, 2.45) is 0 Å². The van der Waals surface area contributed by atoms with Crippen LogP contribution in [-0.2, 0) is 4.74 Å². The maximum absolute atomic E-state index is 13.4. The molecule has 0 radical (unpaired) electrons. The van der Waals surface area contributed by atoms with E-state index in [0.717, 1.165) is 12.1 Å². The van der Waals surface area contributed by atoms with E-state index in [2.05, 4.69) is 10.6 Å². The molecule has 0 aliphatic carbocycles. The van der Waals surface area contributed by atoms with Crippen molar-refractivity contribution in [3.8, 4) is 5.75 Å². The van der Waals surface area contributed by atoms with Crippen LogP contribution in [0, 0.1) is 5.82 Å². The van der Waals surface area contributed by atoms with Gasteiger partial charge in [-0.2, -0.15) is 0 Å². The topological polar surface area (TPSA) is 42.5 Å². The molecule has 0 spiro atoms. The fourth-order valence-corrected chi connectivity index (χ4v) is 2.32. The average Bonchev–Trinajstić information content (AvgIpc) is 2.41. The lowest BCUT2D eigenvalue weighted by molar-refractivity contribution is 0.0642. The molecule has 4 nitrogen and oxygen atoms in total. The van der Waals surface area contributed by atoms with Crippen molar-refractivity contribution in [2.45, 2.75) is 12.1 Å². The highest BCUT2D eigenvalue weighted by molar-refractivity contribution is 5.37. The van der Waals surface area contributed by atoms with Gasteiger partial charge in [-0.05, 0) is 25.2 Å². The summed E-state index contributed by atoms with van der Waals surface area (Å²) in [6, 6.07) is 4.63. The molecule has 1 saturated heterocycles. The molecule has 2 N–H and O–H groups in total. The molecule has 0 aromatic heterocycles. The molecule has 1 aromatic rings. The van der Waals surface area contributed by atoms with Crippen LogP contribution < -0.4 is 15.4 Å². The van der Waals surface area contributed by atoms with E-state index in [9.17, 15) is 4.39 Å². The van der Waals surface area contributed by atoms with Crippen molar-refractivity contribution >= 4 is 0 Å². The molecular formula is C13H19FN2O2. The van der Waals surface area contributed by atoms with E-state index < -0.39 is 0 Å². The predicted octanol–water partition coefficient (Wildman–Crippen LogP) is 1.08. The Hall–Kier alpha value is -1.17. The van der Waals surface area contributed by atoms with Crippen molar-refractivity contribution in [3.63, 3.8) is 0 Å². The van der Waals surface area contributed by atoms with Crippen LogP contribution in [0.1, 0.15) is 11.6 Å². The molecule has 2 atom stereocenters. The molecular weight excluding hydrogens is 235 g/mol. The Morgan fingerprint density at radius 1 is 1.56 bits per heavy atom. The summed E-state index contributed by atoms with van der Waals surface area (Å²) < 4.78 is 24.2. The van der Waals surface area contributed by atoms with E-state index >= 15 is 0 Å². The zero-order chi connectivity index (χ0) is 13.0. The van der Waals surface area contributed by atoms with Crippen molar-refractivity contribution < 1.29 is 13.9 Å². The minimum atomic E-state index is -0.261. The minimum Gasteiger partial charge on any atom is -0.496 e. The van der Waals surface area contributed by atoms with E-state index in [0.29, 0.717) is 19.0 Å². The van der Waals surface area contributed by atoms with Gasteiger partial charge in [0.2, 0.25) is 0 Å². The molecule has 0 bridgehead atoms. The van der Waals surface area contributed by atoms with E-state index in [1.165, 1.54) is 12.1 Å². The van der Waals surface area contributed by atoms with Crippen molar-refractivity contribution in [1.29, 1.82) is 0 Å². The number of rotatable bonds is 4. The van der Waals surface area contributed by atoms with E-state index in [1.54, 1.807) is 13.2 Å². The molecule has 0 amide bonds. The fourth-order valence-electron chi connectivity index (χ4n) is 2.32. The summed E-state index contributed by atoms with van der Waals surface area (Å²) in [5.41, 5.74) is 0.808. The molecule has 2 unspecified atom stereocenters. The molecule has 5 heteroatoms. The predicted molar refractivity (Wildman–Crippen MR) is 67.4 cm³/mol. The summed E-state index contributed by atoms with van der Waals surface area (Å²) in [6.07, 6.45) is 0. The number of nitrogens with one attached hydrogen (secondary N) is 2. The molecule has 2 rings (SSSR count). The van der Waals surface area contributed by atoms with Gasteiger partial charge < -0.3 is 20.1 Å². The number of hydrogen-bond acceptors (Lipinski definition) is 4. The first kappa shape index (κ1) is 13.3. The summed E-state index contributed by atoms with van der Waals surface area (Å²) in [7, 11) is 3.44. The first-order valence-corrected chi connectivity index (χ1v) is 6.08. The zero-order valence-electron chi connectivity index (χ0n) is 10.7. The highest BCUT2D eigenvalue weighted by Gasteiger charge is 2.26. The first-order valence-electron chi connectivity index (χ1n) is 6.08. The SMILES string of the molecule is CNC(c1cc(F)ccc1OC)C1COCCN1. The van der Waals surface area contributed by atoms with Crippen molar-refractivity contribution in [3.05, 3.63) is 29.6 Å². The number of benzene rings is 1. The van der Waals surface area contributed by atoms with Gasteiger partial charge in [0.25, 0.3) is 0 Å². The number of morpholine rings is 1. The Morgan fingerprint density at radius 3 is 3.00 bits per heavy atom. The maximum Gasteiger partial charge on any atom is 0.123 e. The maximum atomic E-state index is 13.4. The summed E-state index contributed by atoms with van der Waals surface area (Å²) >= 11 is 0. The lowest BCUT2D eigenvalue weighted by Crippen LogP contribution is -2.48. The Kier molecular flexibility index (Phi) is 4.52. The third-order valence-electron chi connectivity index (χ3n) is 3.19. The van der Waals surface area contributed by atoms with Gasteiger partial charge in [0, 0.05) is 12.1 Å². The highest BCUT2D eigenvalue weighted by Crippen LogP contribution is 2.28. The first-order chi connectivity index (χ1) is 8.76. The van der Waals surface area contributed by atoms with Crippen LogP contribution in [0.4, 0.5) is 4.39 Å². The van der Waals surface area contributed by atoms with Gasteiger partial charge in [-0.25, -0.2) is 4.39 Å². The minimum absolute atomic E-state index is 0.0454. The van der Waals surface area contributed by atoms with Crippen LogP contribution in [0.5, 0.6) is 5.75 Å². The number of hydrogen-bond donors (Lipinski definition) is 2. The average molecular weight is 254 g/mol. The van der Waals surface area contributed by atoms with E-state index in [-0.39, 0.29) is 17.9 Å². The van der Waals surface area contributed by atoms with Gasteiger partial charge in [0.15, 0.2) is 0 Å². The van der Waals surface area contributed by atoms with Crippen LogP contribution in [0.15, 0.2) is 18.2 Å². The van der Waals surface area contributed by atoms with Gasteiger partial charge in [-0.1, -0.05) is 0 Å². The molecule has 1 heterocycles. The third kappa shape index (κ3) is 2.80. The lowest BCUT2D eigenvalue weighted by atomic mass is 9.98. The highest BCUT2D eigenvalue weighted by atomic mass is 19.1. The van der Waals surface area contributed by atoms with Crippen molar-refractivity contribution in [1.82, 2.24) is 10.6 Å². The quantitative estimate of drug-likeness (QED) is 0.844. The number of halogens is 1. The Bertz CT molecular complexity index is 395. The molecule has 1 aliphatic rings. The standard InChI is InChI=1S/C13H19FN2O2/c1-15-13(11-8-18-6-5-16-11)10-7-9(14)3-4-12(10)17-2/h3-4,7,11,13,15-16H,5-6,8H2,1-2H3. The van der Waals surface area contributed by atoms with E-state index in [1.807, 2.05) is 7.05 Å².